The Kier molecular flexibility index (Phi) is 6.69. The summed E-state index contributed by atoms with van der Waals surface area (Å²) in [5.74, 6) is 2.91. The van der Waals surface area contributed by atoms with Crippen LogP contribution in [0.3, 0.4) is 0 Å². The first-order valence-corrected chi connectivity index (χ1v) is 9.43. The molecule has 7 heteroatoms. The van der Waals surface area contributed by atoms with Gasteiger partial charge < -0.3 is 24.2 Å². The molecule has 0 radical (unpaired) electrons. The highest BCUT2D eigenvalue weighted by Crippen LogP contribution is 2.27. The summed E-state index contributed by atoms with van der Waals surface area (Å²) < 4.78 is 10.6. The van der Waals surface area contributed by atoms with E-state index >= 15 is 0 Å². The first kappa shape index (κ1) is 18.2. The van der Waals surface area contributed by atoms with Crippen LogP contribution in [0.15, 0.2) is 6.07 Å². The van der Waals surface area contributed by atoms with Crippen molar-refractivity contribution in [2.24, 2.45) is 0 Å². The number of anilines is 3. The van der Waals surface area contributed by atoms with Gasteiger partial charge in [-0.05, 0) is 25.7 Å². The molecule has 0 N–H and O–H groups in total. The molecule has 0 aromatic carbocycles. The number of hydrogen-bond acceptors (Lipinski definition) is 7. The standard InChI is InChI=1S/C18H31N5O2/c1-24-13-11-22(12-14-25-2)17-15-16(21-7-3-4-8-21)19-18(20-17)23-9-5-6-10-23/h15H,3-14H2,1-2H3. The smallest absolute Gasteiger partial charge is 0.229 e. The SMILES string of the molecule is COCCN(CCOC)c1cc(N2CCCC2)nc(N2CCCC2)n1. The molecule has 7 nitrogen and oxygen atoms in total. The van der Waals surface area contributed by atoms with Crippen LogP contribution in [-0.2, 0) is 9.47 Å². The lowest BCUT2D eigenvalue weighted by Crippen LogP contribution is -2.33. The van der Waals surface area contributed by atoms with E-state index in [1.54, 1.807) is 14.2 Å². The Labute approximate surface area is 150 Å². The van der Waals surface area contributed by atoms with Gasteiger partial charge in [-0.1, -0.05) is 0 Å². The zero-order chi connectivity index (χ0) is 17.5. The Balaban J connectivity index is 1.88. The van der Waals surface area contributed by atoms with Crippen LogP contribution in [0.2, 0.25) is 0 Å². The predicted octanol–water partition coefficient (Wildman–Crippen LogP) is 1.78. The van der Waals surface area contributed by atoms with Crippen LogP contribution >= 0.6 is 0 Å². The molecular weight excluding hydrogens is 318 g/mol. The molecule has 2 fully saturated rings. The van der Waals surface area contributed by atoms with Crippen LogP contribution in [0.1, 0.15) is 25.7 Å². The molecule has 1 aromatic heterocycles. The van der Waals surface area contributed by atoms with Crippen molar-refractivity contribution in [2.45, 2.75) is 25.7 Å². The van der Waals surface area contributed by atoms with E-state index in [0.29, 0.717) is 13.2 Å². The second-order valence-corrected chi connectivity index (χ2v) is 6.75. The van der Waals surface area contributed by atoms with E-state index in [9.17, 15) is 0 Å². The van der Waals surface area contributed by atoms with Crippen molar-refractivity contribution in [1.29, 1.82) is 0 Å². The molecule has 0 aliphatic carbocycles. The number of aromatic nitrogens is 2. The van der Waals surface area contributed by atoms with Gasteiger partial charge in [0, 0.05) is 59.6 Å². The summed E-state index contributed by atoms with van der Waals surface area (Å²) in [4.78, 5) is 16.7. The fraction of sp³-hybridized carbons (Fsp3) is 0.778. The van der Waals surface area contributed by atoms with Gasteiger partial charge in [-0.3, -0.25) is 0 Å². The summed E-state index contributed by atoms with van der Waals surface area (Å²) in [6.07, 6.45) is 4.94. The summed E-state index contributed by atoms with van der Waals surface area (Å²) in [7, 11) is 3.47. The predicted molar refractivity (Wildman–Crippen MR) is 101 cm³/mol. The molecule has 0 saturated carbocycles. The van der Waals surface area contributed by atoms with Crippen LogP contribution < -0.4 is 14.7 Å². The van der Waals surface area contributed by atoms with Gasteiger partial charge in [0.1, 0.15) is 11.6 Å². The molecule has 0 unspecified atom stereocenters. The van der Waals surface area contributed by atoms with Gasteiger partial charge in [0.2, 0.25) is 5.95 Å². The zero-order valence-corrected chi connectivity index (χ0v) is 15.6. The Morgan fingerprint density at radius 3 is 2.00 bits per heavy atom. The number of ether oxygens (including phenoxy) is 2. The quantitative estimate of drug-likeness (QED) is 0.673. The van der Waals surface area contributed by atoms with Crippen molar-refractivity contribution in [3.05, 3.63) is 6.07 Å². The Hall–Kier alpha value is -1.60. The van der Waals surface area contributed by atoms with Crippen molar-refractivity contribution in [3.63, 3.8) is 0 Å². The molecule has 3 heterocycles. The Morgan fingerprint density at radius 2 is 1.44 bits per heavy atom. The van der Waals surface area contributed by atoms with Crippen molar-refractivity contribution < 1.29 is 9.47 Å². The zero-order valence-electron chi connectivity index (χ0n) is 15.6. The largest absolute Gasteiger partial charge is 0.383 e. The van der Waals surface area contributed by atoms with E-state index in [-0.39, 0.29) is 0 Å². The van der Waals surface area contributed by atoms with Gasteiger partial charge in [0.05, 0.1) is 13.2 Å². The highest BCUT2D eigenvalue weighted by molar-refractivity contribution is 5.56. The van der Waals surface area contributed by atoms with Gasteiger partial charge in [0.25, 0.3) is 0 Å². The second-order valence-electron chi connectivity index (χ2n) is 6.75. The number of rotatable bonds is 9. The summed E-state index contributed by atoms with van der Waals surface area (Å²) in [5, 5.41) is 0. The highest BCUT2D eigenvalue weighted by atomic mass is 16.5. The van der Waals surface area contributed by atoms with E-state index in [4.69, 9.17) is 19.4 Å². The lowest BCUT2D eigenvalue weighted by atomic mass is 10.4. The van der Waals surface area contributed by atoms with Crippen molar-refractivity contribution in [2.75, 3.05) is 81.4 Å². The Bertz CT molecular complexity index is 488. The minimum absolute atomic E-state index is 0.672. The molecule has 2 saturated heterocycles. The molecule has 0 amide bonds. The maximum Gasteiger partial charge on any atom is 0.229 e. The molecule has 2 aliphatic rings. The third-order valence-corrected chi connectivity index (χ3v) is 4.96. The third-order valence-electron chi connectivity index (χ3n) is 4.96. The molecular formula is C18H31N5O2. The number of hydrogen-bond donors (Lipinski definition) is 0. The number of nitrogens with zero attached hydrogens (tertiary/aromatic N) is 5. The van der Waals surface area contributed by atoms with E-state index < -0.39 is 0 Å². The van der Waals surface area contributed by atoms with Gasteiger partial charge in [-0.15, -0.1) is 0 Å². The van der Waals surface area contributed by atoms with Crippen molar-refractivity contribution in [1.82, 2.24) is 9.97 Å². The number of methoxy groups -OCH3 is 2. The lowest BCUT2D eigenvalue weighted by Gasteiger charge is -2.27. The van der Waals surface area contributed by atoms with Crippen LogP contribution in [0.4, 0.5) is 17.6 Å². The fourth-order valence-electron chi connectivity index (χ4n) is 3.48. The lowest BCUT2D eigenvalue weighted by molar-refractivity contribution is 0.190. The minimum Gasteiger partial charge on any atom is -0.383 e. The maximum absolute atomic E-state index is 5.29. The molecule has 0 bridgehead atoms. The summed E-state index contributed by atoms with van der Waals surface area (Å²) in [6.45, 7) is 7.24. The molecule has 3 rings (SSSR count). The minimum atomic E-state index is 0.672. The molecule has 1 aromatic rings. The van der Waals surface area contributed by atoms with E-state index in [2.05, 4.69) is 20.8 Å². The van der Waals surface area contributed by atoms with Crippen molar-refractivity contribution >= 4 is 17.6 Å². The van der Waals surface area contributed by atoms with Gasteiger partial charge in [0.15, 0.2) is 0 Å². The average molecular weight is 349 g/mol. The van der Waals surface area contributed by atoms with Crippen LogP contribution in [-0.4, -0.2) is 76.7 Å². The average Bonchev–Trinajstić information content (AvgIpc) is 3.35. The van der Waals surface area contributed by atoms with Gasteiger partial charge in [-0.25, -0.2) is 0 Å². The molecule has 0 spiro atoms. The summed E-state index contributed by atoms with van der Waals surface area (Å²) in [6, 6.07) is 2.14. The molecule has 0 atom stereocenters. The Morgan fingerprint density at radius 1 is 0.880 bits per heavy atom. The molecule has 25 heavy (non-hydrogen) atoms. The summed E-state index contributed by atoms with van der Waals surface area (Å²) >= 11 is 0. The second kappa shape index (κ2) is 9.20. The van der Waals surface area contributed by atoms with Crippen LogP contribution in [0, 0.1) is 0 Å². The van der Waals surface area contributed by atoms with E-state index in [1.807, 2.05) is 0 Å². The monoisotopic (exact) mass is 349 g/mol. The molecule has 2 aliphatic heterocycles. The molecule has 140 valence electrons. The fourth-order valence-corrected chi connectivity index (χ4v) is 3.48. The maximum atomic E-state index is 5.29. The van der Waals surface area contributed by atoms with Crippen LogP contribution in [0.25, 0.3) is 0 Å². The summed E-state index contributed by atoms with van der Waals surface area (Å²) in [5.41, 5.74) is 0. The first-order valence-electron chi connectivity index (χ1n) is 9.43. The van der Waals surface area contributed by atoms with E-state index in [1.165, 1.54) is 25.7 Å². The normalized spacial score (nSPS) is 17.5. The third kappa shape index (κ3) is 4.73. The van der Waals surface area contributed by atoms with Crippen LogP contribution in [0.5, 0.6) is 0 Å². The topological polar surface area (TPSA) is 54.0 Å². The first-order chi connectivity index (χ1) is 12.3. The highest BCUT2D eigenvalue weighted by Gasteiger charge is 2.22. The van der Waals surface area contributed by atoms with Crippen molar-refractivity contribution in [3.8, 4) is 0 Å². The van der Waals surface area contributed by atoms with Gasteiger partial charge >= 0.3 is 0 Å². The van der Waals surface area contributed by atoms with Gasteiger partial charge in [-0.2, -0.15) is 9.97 Å². The van der Waals surface area contributed by atoms with E-state index in [0.717, 1.165) is 56.9 Å².